The van der Waals surface area contributed by atoms with Gasteiger partial charge in [-0.2, -0.15) is 13.2 Å². The lowest BCUT2D eigenvalue weighted by atomic mass is 9.84. The summed E-state index contributed by atoms with van der Waals surface area (Å²) in [6.45, 7) is 4.76. The molecule has 11 nitrogen and oxygen atoms in total. The predicted octanol–water partition coefficient (Wildman–Crippen LogP) is 4.97. The van der Waals surface area contributed by atoms with Gasteiger partial charge in [0.25, 0.3) is 0 Å². The van der Waals surface area contributed by atoms with Gasteiger partial charge in [0.1, 0.15) is 12.6 Å². The minimum Gasteiger partial charge on any atom is -0.439 e. The molecule has 2 aromatic heterocycles. The van der Waals surface area contributed by atoms with Crippen molar-refractivity contribution in [3.05, 3.63) is 107 Å². The zero-order chi connectivity index (χ0) is 39.3. The number of oxazole rings is 1. The number of amides is 2. The highest BCUT2D eigenvalue weighted by Crippen LogP contribution is 2.34. The summed E-state index contributed by atoms with van der Waals surface area (Å²) in [7, 11) is 0. The molecule has 3 heterocycles. The Morgan fingerprint density at radius 2 is 1.80 bits per heavy atom. The fourth-order valence-electron chi connectivity index (χ4n) is 7.66. The number of hydrogen-bond donors (Lipinski definition) is 4. The average Bonchev–Trinajstić information content (AvgIpc) is 3.67. The normalized spacial score (nSPS) is 20.7. The van der Waals surface area contributed by atoms with Gasteiger partial charge in [-0.15, -0.1) is 0 Å². The second kappa shape index (κ2) is 17.0. The van der Waals surface area contributed by atoms with E-state index >= 15 is 0 Å². The van der Waals surface area contributed by atoms with E-state index in [0.717, 1.165) is 27.8 Å². The topological polar surface area (TPSA) is 144 Å². The fourth-order valence-corrected chi connectivity index (χ4v) is 7.66. The van der Waals surface area contributed by atoms with Crippen LogP contribution >= 0.6 is 0 Å². The fraction of sp³-hybridized carbons (Fsp3) is 0.463. The van der Waals surface area contributed by atoms with Crippen molar-refractivity contribution < 1.29 is 38.8 Å². The van der Waals surface area contributed by atoms with Crippen molar-refractivity contribution in [2.75, 3.05) is 32.7 Å². The maximum atomic E-state index is 14.0. The molecule has 1 aliphatic carbocycles. The third-order valence-corrected chi connectivity index (χ3v) is 10.7. The first-order valence-electron chi connectivity index (χ1n) is 18.7. The number of piperazine rings is 1. The summed E-state index contributed by atoms with van der Waals surface area (Å²) < 4.78 is 45.9. The van der Waals surface area contributed by atoms with Crippen LogP contribution in [0.3, 0.4) is 0 Å². The third-order valence-electron chi connectivity index (χ3n) is 10.7. The van der Waals surface area contributed by atoms with Crippen LogP contribution in [0.5, 0.6) is 0 Å². The second-order valence-corrected chi connectivity index (χ2v) is 15.2. The number of halogens is 3. The molecule has 0 saturated carbocycles. The smallest absolute Gasteiger partial charge is 0.405 e. The first-order valence-corrected chi connectivity index (χ1v) is 18.7. The molecule has 55 heavy (non-hydrogen) atoms. The molecule has 2 aliphatic rings. The number of nitrogens with zero attached hydrogens (tertiary/aromatic N) is 4. The number of fused-ring (bicyclic) bond motifs is 1. The Labute approximate surface area is 320 Å². The number of hydrogen-bond acceptors (Lipinski definition) is 9. The summed E-state index contributed by atoms with van der Waals surface area (Å²) in [6, 6.07) is 17.3. The van der Waals surface area contributed by atoms with E-state index in [0.29, 0.717) is 37.5 Å². The van der Waals surface area contributed by atoms with E-state index in [9.17, 15) is 33.0 Å². The SMILES string of the molecule is Cc1cncc(-c2cnc(C(C)(C)N3CCN(C[C@@H](O)C[C@@H](Cc4ccccc4)C(=O)N[C@H]4c5ccccc5CC[C@H]4O)[C@H](C(=O)NCC(F)(F)F)C3)o2)c1.[HH]. The van der Waals surface area contributed by atoms with E-state index in [1.807, 2.05) is 91.7 Å². The van der Waals surface area contributed by atoms with Gasteiger partial charge >= 0.3 is 6.18 Å². The van der Waals surface area contributed by atoms with Crippen LogP contribution in [0.1, 0.15) is 62.3 Å². The van der Waals surface area contributed by atoms with Crippen molar-refractivity contribution in [2.24, 2.45) is 5.92 Å². The molecule has 0 spiro atoms. The lowest BCUT2D eigenvalue weighted by Gasteiger charge is -2.46. The molecular weight excluding hydrogens is 713 g/mol. The summed E-state index contributed by atoms with van der Waals surface area (Å²) in [5.41, 5.74) is 3.63. The van der Waals surface area contributed by atoms with Crippen molar-refractivity contribution in [3.8, 4) is 11.3 Å². The molecule has 1 fully saturated rings. The minimum atomic E-state index is -4.61. The highest BCUT2D eigenvalue weighted by atomic mass is 19.4. The largest absolute Gasteiger partial charge is 0.439 e. The molecule has 1 saturated heterocycles. The average molecular weight is 765 g/mol. The van der Waals surface area contributed by atoms with Gasteiger partial charge in [-0.25, -0.2) is 4.98 Å². The van der Waals surface area contributed by atoms with Gasteiger partial charge in [-0.05, 0) is 74.8 Å². The molecule has 4 N–H and O–H groups in total. The van der Waals surface area contributed by atoms with Crippen molar-refractivity contribution >= 4 is 11.8 Å². The quantitative estimate of drug-likeness (QED) is 0.149. The number of aromatic nitrogens is 2. The molecule has 5 atom stereocenters. The van der Waals surface area contributed by atoms with Crippen LogP contribution in [-0.2, 0) is 28.0 Å². The van der Waals surface area contributed by atoms with Crippen molar-refractivity contribution in [1.29, 1.82) is 0 Å². The number of β-amino-alcohol motifs (C(OH)–C–C–N with tert-alkyl or cyclic N) is 1. The van der Waals surface area contributed by atoms with Gasteiger partial charge in [0, 0.05) is 51.5 Å². The van der Waals surface area contributed by atoms with Crippen LogP contribution in [-0.4, -0.2) is 98.9 Å². The van der Waals surface area contributed by atoms with Crippen molar-refractivity contribution in [2.45, 2.75) is 82.5 Å². The number of carbonyl (C=O) groups is 2. The zero-order valence-electron chi connectivity index (χ0n) is 31.3. The molecule has 2 amide bonds. The Morgan fingerprint density at radius 1 is 1.05 bits per heavy atom. The van der Waals surface area contributed by atoms with Gasteiger partial charge < -0.3 is 25.3 Å². The summed E-state index contributed by atoms with van der Waals surface area (Å²) in [4.78, 5) is 39.9. The summed E-state index contributed by atoms with van der Waals surface area (Å²) >= 11 is 0. The second-order valence-electron chi connectivity index (χ2n) is 15.2. The number of pyridine rings is 1. The molecule has 296 valence electrons. The number of aliphatic hydroxyl groups excluding tert-OH is 2. The summed E-state index contributed by atoms with van der Waals surface area (Å²) in [5, 5.41) is 27.6. The van der Waals surface area contributed by atoms with Crippen LogP contribution in [0.4, 0.5) is 13.2 Å². The lowest BCUT2D eigenvalue weighted by Crippen LogP contribution is -2.63. The van der Waals surface area contributed by atoms with E-state index < -0.39 is 54.4 Å². The first-order chi connectivity index (χ1) is 26.2. The Bertz CT molecular complexity index is 1930. The van der Waals surface area contributed by atoms with E-state index in [4.69, 9.17) is 4.42 Å². The standard InChI is InChI=1S/C41H49F3N6O5.H2/c1-26-17-30(21-45-20-26)35-22-46-39(55-35)40(2,3)50-16-15-49(33(24-50)38(54)47-25-41(42,43)44)23-31(51)19-29(18-27-9-5-4-6-10-27)37(53)48-36-32-12-8-7-11-28(32)13-14-34(36)52;/h4-12,17,20-22,29,31,33-34,36,51-52H,13-16,18-19,23-25H2,1-3H3,(H,47,54)(H,48,53);1H/t29-,31+,33+,34-,36+;/m1./s1. The van der Waals surface area contributed by atoms with E-state index in [1.54, 1.807) is 23.5 Å². The predicted molar refractivity (Wildman–Crippen MR) is 202 cm³/mol. The van der Waals surface area contributed by atoms with Crippen LogP contribution in [0, 0.1) is 12.8 Å². The van der Waals surface area contributed by atoms with Gasteiger partial charge in [0.2, 0.25) is 17.7 Å². The maximum absolute atomic E-state index is 14.0. The molecule has 4 aromatic rings. The number of carbonyl (C=O) groups excluding carboxylic acids is 2. The third kappa shape index (κ3) is 9.98. The van der Waals surface area contributed by atoms with Crippen LogP contribution in [0.25, 0.3) is 11.3 Å². The molecule has 2 aromatic carbocycles. The Morgan fingerprint density at radius 3 is 2.55 bits per heavy atom. The number of rotatable bonds is 13. The number of aliphatic hydroxyl groups is 2. The highest BCUT2D eigenvalue weighted by molar-refractivity contribution is 5.82. The molecule has 0 bridgehead atoms. The molecular formula is C41H51F3N6O5. The molecule has 0 unspecified atom stereocenters. The Balaban J connectivity index is 0.00000600. The van der Waals surface area contributed by atoms with E-state index in [1.165, 1.54) is 0 Å². The Hall–Kier alpha value is -4.63. The number of benzene rings is 2. The monoisotopic (exact) mass is 764 g/mol. The van der Waals surface area contributed by atoms with E-state index in [2.05, 4.69) is 15.3 Å². The van der Waals surface area contributed by atoms with Crippen LogP contribution < -0.4 is 10.6 Å². The van der Waals surface area contributed by atoms with E-state index in [-0.39, 0.29) is 33.4 Å². The molecule has 6 rings (SSSR count). The van der Waals surface area contributed by atoms with Gasteiger partial charge in [-0.3, -0.25) is 24.4 Å². The summed E-state index contributed by atoms with van der Waals surface area (Å²) in [6.07, 6.45) is 0.00690. The van der Waals surface area contributed by atoms with Gasteiger partial charge in [0.05, 0.1) is 30.0 Å². The Kier molecular flexibility index (Phi) is 12.4. The number of alkyl halides is 3. The van der Waals surface area contributed by atoms with Gasteiger partial charge in [-0.1, -0.05) is 54.6 Å². The lowest BCUT2D eigenvalue weighted by molar-refractivity contribution is -0.144. The maximum Gasteiger partial charge on any atom is 0.405 e. The number of nitrogens with one attached hydrogen (secondary N) is 2. The number of aryl methyl sites for hydroxylation is 2. The first kappa shape index (κ1) is 40.0. The molecule has 0 radical (unpaired) electrons. The van der Waals surface area contributed by atoms with Crippen molar-refractivity contribution in [3.63, 3.8) is 0 Å². The van der Waals surface area contributed by atoms with Crippen LogP contribution in [0.2, 0.25) is 0 Å². The van der Waals surface area contributed by atoms with Crippen LogP contribution in [0.15, 0.2) is 83.7 Å². The highest BCUT2D eigenvalue weighted by Gasteiger charge is 2.43. The van der Waals surface area contributed by atoms with Gasteiger partial charge in [0.15, 0.2) is 5.76 Å². The molecule has 1 aliphatic heterocycles. The molecule has 14 heteroatoms. The zero-order valence-corrected chi connectivity index (χ0v) is 31.3. The summed E-state index contributed by atoms with van der Waals surface area (Å²) in [5.74, 6) is -0.989. The van der Waals surface area contributed by atoms with Crippen molar-refractivity contribution in [1.82, 2.24) is 30.4 Å². The minimum absolute atomic E-state index is 0.